The molecule has 0 spiro atoms. The van der Waals surface area contributed by atoms with Gasteiger partial charge in [0.15, 0.2) is 0 Å². The van der Waals surface area contributed by atoms with Gasteiger partial charge in [-0.2, -0.15) is 5.26 Å². The van der Waals surface area contributed by atoms with Gasteiger partial charge in [0.1, 0.15) is 5.52 Å². The summed E-state index contributed by atoms with van der Waals surface area (Å²) in [5.41, 5.74) is 3.70. The highest BCUT2D eigenvalue weighted by atomic mass is 35.5. The van der Waals surface area contributed by atoms with Gasteiger partial charge in [-0.05, 0) is 24.0 Å². The molecule has 1 aromatic heterocycles. The third-order valence-electron chi connectivity index (χ3n) is 3.11. The van der Waals surface area contributed by atoms with Crippen molar-refractivity contribution in [3.05, 3.63) is 22.7 Å². The molecule has 19 heavy (non-hydrogen) atoms. The fourth-order valence-electron chi connectivity index (χ4n) is 1.89. The molecule has 1 aromatic carbocycles. The van der Waals surface area contributed by atoms with Gasteiger partial charge in [-0.3, -0.25) is 0 Å². The SMILES string of the molecule is CC(C)(CCC#N)CNc1c(Cl)ccc2scnc12. The van der Waals surface area contributed by atoms with E-state index in [9.17, 15) is 0 Å². The quantitative estimate of drug-likeness (QED) is 0.870. The van der Waals surface area contributed by atoms with E-state index < -0.39 is 0 Å². The van der Waals surface area contributed by atoms with Crippen LogP contribution >= 0.6 is 22.9 Å². The molecule has 0 aliphatic heterocycles. The number of thiazole rings is 1. The summed E-state index contributed by atoms with van der Waals surface area (Å²) in [6.45, 7) is 5.06. The lowest BCUT2D eigenvalue weighted by atomic mass is 9.88. The van der Waals surface area contributed by atoms with Crippen LogP contribution in [0.5, 0.6) is 0 Å². The van der Waals surface area contributed by atoms with E-state index in [1.54, 1.807) is 11.3 Å². The molecule has 0 aliphatic carbocycles. The van der Waals surface area contributed by atoms with Crippen molar-refractivity contribution in [3.63, 3.8) is 0 Å². The van der Waals surface area contributed by atoms with E-state index in [1.807, 2.05) is 17.6 Å². The topological polar surface area (TPSA) is 48.7 Å². The van der Waals surface area contributed by atoms with Crippen molar-refractivity contribution in [2.75, 3.05) is 11.9 Å². The van der Waals surface area contributed by atoms with Gasteiger partial charge < -0.3 is 5.32 Å². The molecule has 0 radical (unpaired) electrons. The number of anilines is 1. The summed E-state index contributed by atoms with van der Waals surface area (Å²) in [6, 6.07) is 6.08. The molecule has 1 N–H and O–H groups in total. The first-order valence-corrected chi connectivity index (χ1v) is 7.42. The maximum absolute atomic E-state index is 8.67. The molecule has 0 fully saturated rings. The Morgan fingerprint density at radius 3 is 3.00 bits per heavy atom. The molecule has 1 heterocycles. The molecular weight excluding hydrogens is 278 g/mol. The number of benzene rings is 1. The summed E-state index contributed by atoms with van der Waals surface area (Å²) >= 11 is 7.85. The Morgan fingerprint density at radius 2 is 2.26 bits per heavy atom. The van der Waals surface area contributed by atoms with Crippen LogP contribution in [0.15, 0.2) is 17.6 Å². The lowest BCUT2D eigenvalue weighted by molar-refractivity contribution is 0.364. The summed E-state index contributed by atoms with van der Waals surface area (Å²) in [7, 11) is 0. The summed E-state index contributed by atoms with van der Waals surface area (Å²) in [6.07, 6.45) is 1.43. The fourth-order valence-corrected chi connectivity index (χ4v) is 2.79. The van der Waals surface area contributed by atoms with E-state index in [0.717, 1.165) is 28.9 Å². The predicted octanol–water partition coefficient (Wildman–Crippen LogP) is 4.69. The summed E-state index contributed by atoms with van der Waals surface area (Å²) < 4.78 is 1.13. The van der Waals surface area contributed by atoms with Gasteiger partial charge in [0.25, 0.3) is 0 Å². The third kappa shape index (κ3) is 3.37. The zero-order valence-corrected chi connectivity index (χ0v) is 12.6. The summed E-state index contributed by atoms with van der Waals surface area (Å²) in [5.74, 6) is 0. The minimum Gasteiger partial charge on any atom is -0.382 e. The number of hydrogen-bond donors (Lipinski definition) is 1. The van der Waals surface area contributed by atoms with E-state index in [4.69, 9.17) is 16.9 Å². The van der Waals surface area contributed by atoms with Gasteiger partial charge in [0, 0.05) is 13.0 Å². The highest BCUT2D eigenvalue weighted by Crippen LogP contribution is 2.33. The van der Waals surface area contributed by atoms with Crippen LogP contribution in [-0.4, -0.2) is 11.5 Å². The van der Waals surface area contributed by atoms with Crippen molar-refractivity contribution in [1.29, 1.82) is 5.26 Å². The number of fused-ring (bicyclic) bond motifs is 1. The number of nitrogens with zero attached hydrogens (tertiary/aromatic N) is 2. The molecule has 0 saturated heterocycles. The Kier molecular flexibility index (Phi) is 4.28. The molecule has 100 valence electrons. The predicted molar refractivity (Wildman–Crippen MR) is 81.7 cm³/mol. The first-order chi connectivity index (χ1) is 9.03. The Morgan fingerprint density at radius 1 is 1.47 bits per heavy atom. The monoisotopic (exact) mass is 293 g/mol. The lowest BCUT2D eigenvalue weighted by Gasteiger charge is -2.24. The molecule has 0 saturated carbocycles. The van der Waals surface area contributed by atoms with Crippen LogP contribution in [0.3, 0.4) is 0 Å². The van der Waals surface area contributed by atoms with Gasteiger partial charge >= 0.3 is 0 Å². The average Bonchev–Trinajstić information content (AvgIpc) is 2.83. The number of hydrogen-bond acceptors (Lipinski definition) is 4. The van der Waals surface area contributed by atoms with Crippen molar-refractivity contribution in [2.24, 2.45) is 5.41 Å². The molecule has 0 aliphatic rings. The fraction of sp³-hybridized carbons (Fsp3) is 0.429. The smallest absolute Gasteiger partial charge is 0.106 e. The molecule has 0 bridgehead atoms. The van der Waals surface area contributed by atoms with E-state index in [-0.39, 0.29) is 5.41 Å². The summed E-state index contributed by atoms with van der Waals surface area (Å²) in [4.78, 5) is 4.36. The van der Waals surface area contributed by atoms with Gasteiger partial charge in [-0.25, -0.2) is 4.98 Å². The van der Waals surface area contributed by atoms with Gasteiger partial charge in [-0.1, -0.05) is 25.4 Å². The summed E-state index contributed by atoms with van der Waals surface area (Å²) in [5, 5.41) is 12.8. The Hall–Kier alpha value is -1.31. The van der Waals surface area contributed by atoms with E-state index in [1.165, 1.54) is 0 Å². The second kappa shape index (κ2) is 5.77. The number of nitriles is 1. The van der Waals surface area contributed by atoms with Crippen LogP contribution < -0.4 is 5.32 Å². The first kappa shape index (κ1) is 14.1. The standard InChI is InChI=1S/C14H16ClN3S/c1-14(2,6-3-7-16)8-17-12-10(15)4-5-11-13(12)18-9-19-11/h4-5,9,17H,3,6,8H2,1-2H3. The molecule has 2 rings (SSSR count). The highest BCUT2D eigenvalue weighted by Gasteiger charge is 2.18. The number of halogens is 1. The minimum atomic E-state index is 0.0528. The molecule has 3 nitrogen and oxygen atoms in total. The second-order valence-electron chi connectivity index (χ2n) is 5.30. The van der Waals surface area contributed by atoms with Gasteiger partial charge in [-0.15, -0.1) is 11.3 Å². The van der Waals surface area contributed by atoms with Crippen molar-refractivity contribution < 1.29 is 0 Å². The normalized spacial score (nSPS) is 11.5. The Bertz CT molecular complexity index is 613. The van der Waals surface area contributed by atoms with E-state index in [2.05, 4.69) is 30.2 Å². The van der Waals surface area contributed by atoms with Crippen LogP contribution in [0.4, 0.5) is 5.69 Å². The molecule has 0 amide bonds. The highest BCUT2D eigenvalue weighted by molar-refractivity contribution is 7.16. The second-order valence-corrected chi connectivity index (χ2v) is 6.59. The van der Waals surface area contributed by atoms with Crippen LogP contribution in [0, 0.1) is 16.7 Å². The maximum atomic E-state index is 8.67. The van der Waals surface area contributed by atoms with Crippen LogP contribution in [-0.2, 0) is 0 Å². The average molecular weight is 294 g/mol. The number of aromatic nitrogens is 1. The number of nitrogens with one attached hydrogen (secondary N) is 1. The van der Waals surface area contributed by atoms with E-state index >= 15 is 0 Å². The van der Waals surface area contributed by atoms with Crippen LogP contribution in [0.2, 0.25) is 5.02 Å². The van der Waals surface area contributed by atoms with Gasteiger partial charge in [0.2, 0.25) is 0 Å². The number of rotatable bonds is 5. The van der Waals surface area contributed by atoms with Gasteiger partial charge in [0.05, 0.1) is 27.0 Å². The Balaban J connectivity index is 2.15. The van der Waals surface area contributed by atoms with Crippen molar-refractivity contribution in [3.8, 4) is 6.07 Å². The molecule has 0 unspecified atom stereocenters. The van der Waals surface area contributed by atoms with Crippen LogP contribution in [0.1, 0.15) is 26.7 Å². The maximum Gasteiger partial charge on any atom is 0.106 e. The van der Waals surface area contributed by atoms with E-state index in [0.29, 0.717) is 11.4 Å². The van der Waals surface area contributed by atoms with Crippen LogP contribution in [0.25, 0.3) is 10.2 Å². The van der Waals surface area contributed by atoms with Crippen molar-refractivity contribution in [1.82, 2.24) is 4.98 Å². The third-order valence-corrected chi connectivity index (χ3v) is 4.22. The lowest BCUT2D eigenvalue weighted by Crippen LogP contribution is -2.23. The Labute approximate surface area is 122 Å². The largest absolute Gasteiger partial charge is 0.382 e. The molecule has 0 atom stereocenters. The zero-order chi connectivity index (χ0) is 13.9. The molecule has 2 aromatic rings. The minimum absolute atomic E-state index is 0.0528. The van der Waals surface area contributed by atoms with Crippen molar-refractivity contribution >= 4 is 38.8 Å². The molecule has 5 heteroatoms. The first-order valence-electron chi connectivity index (χ1n) is 6.16. The van der Waals surface area contributed by atoms with Crippen molar-refractivity contribution in [2.45, 2.75) is 26.7 Å². The molecular formula is C14H16ClN3S. The zero-order valence-electron chi connectivity index (χ0n) is 11.0.